The molecule has 3 unspecified atom stereocenters. The van der Waals surface area contributed by atoms with E-state index in [1.807, 2.05) is 27.1 Å². The molecule has 0 heterocycles. The van der Waals surface area contributed by atoms with E-state index < -0.39 is 34.8 Å². The largest absolute Gasteiger partial charge is 0.453 e. The molecule has 0 N–H and O–H groups in total. The van der Waals surface area contributed by atoms with Crippen LogP contribution in [0.15, 0.2) is 0 Å². The first kappa shape index (κ1) is 23.3. The summed E-state index contributed by atoms with van der Waals surface area (Å²) in [5.41, 5.74) is -2.84. The molecule has 1 radical (unpaired) electrons. The second kappa shape index (κ2) is 10.3. The Kier molecular flexibility index (Phi) is 9.60. The Morgan fingerprint density at radius 1 is 1.00 bits per heavy atom. The Bertz CT molecular complexity index is 486. The minimum atomic E-state index is -1.57. The first-order valence-electron chi connectivity index (χ1n) is 8.92. The van der Waals surface area contributed by atoms with Gasteiger partial charge in [-0.3, -0.25) is 19.2 Å². The lowest BCUT2D eigenvalue weighted by molar-refractivity contribution is -0.205. The summed E-state index contributed by atoms with van der Waals surface area (Å²) in [5.74, 6) is -1.66. The highest BCUT2D eigenvalue weighted by atomic mass is 16.6. The van der Waals surface area contributed by atoms with E-state index in [-0.39, 0.29) is 12.8 Å². The monoisotopic (exact) mass is 355 g/mol. The van der Waals surface area contributed by atoms with E-state index in [4.69, 9.17) is 9.47 Å². The van der Waals surface area contributed by atoms with Gasteiger partial charge in [0.25, 0.3) is 0 Å². The lowest BCUT2D eigenvalue weighted by Gasteiger charge is -2.47. The SMILES string of the molecule is CCCC(=O)OC(CCC)(C(OC(C)=O)C(C)=O)C(C)([C]=O)CCC. The van der Waals surface area contributed by atoms with E-state index in [1.54, 1.807) is 6.92 Å². The first-order chi connectivity index (χ1) is 11.6. The third-order valence-corrected chi connectivity index (χ3v) is 4.36. The molecule has 0 amide bonds. The van der Waals surface area contributed by atoms with Crippen molar-refractivity contribution in [2.75, 3.05) is 0 Å². The van der Waals surface area contributed by atoms with Gasteiger partial charge in [-0.05, 0) is 33.1 Å². The molecule has 0 spiro atoms. The van der Waals surface area contributed by atoms with Crippen LogP contribution in [0.5, 0.6) is 0 Å². The molecule has 143 valence electrons. The lowest BCUT2D eigenvalue weighted by Crippen LogP contribution is -2.62. The van der Waals surface area contributed by atoms with Crippen LogP contribution in [0.25, 0.3) is 0 Å². The van der Waals surface area contributed by atoms with Crippen molar-refractivity contribution in [2.24, 2.45) is 5.41 Å². The Morgan fingerprint density at radius 2 is 1.56 bits per heavy atom. The van der Waals surface area contributed by atoms with E-state index in [0.717, 1.165) is 0 Å². The van der Waals surface area contributed by atoms with Crippen LogP contribution in [0.3, 0.4) is 0 Å². The lowest BCUT2D eigenvalue weighted by atomic mass is 9.65. The summed E-state index contributed by atoms with van der Waals surface area (Å²) in [6.45, 7) is 9.62. The molecule has 0 aromatic heterocycles. The van der Waals surface area contributed by atoms with Gasteiger partial charge in [0.05, 0.1) is 5.41 Å². The Hall–Kier alpha value is -1.72. The van der Waals surface area contributed by atoms with Crippen molar-refractivity contribution in [2.45, 2.75) is 91.8 Å². The summed E-state index contributed by atoms with van der Waals surface area (Å²) in [6.07, 6.45) is 3.07. The number of hydrogen-bond donors (Lipinski definition) is 0. The molecule has 0 aromatic carbocycles. The van der Waals surface area contributed by atoms with Gasteiger partial charge in [0.15, 0.2) is 17.5 Å². The Balaban J connectivity index is 6.41. The number of esters is 2. The molecule has 0 aromatic rings. The number of hydrogen-bond acceptors (Lipinski definition) is 6. The maximum Gasteiger partial charge on any atom is 0.306 e. The maximum atomic E-state index is 12.3. The smallest absolute Gasteiger partial charge is 0.306 e. The van der Waals surface area contributed by atoms with Crippen LogP contribution in [-0.2, 0) is 28.7 Å². The Labute approximate surface area is 150 Å². The first-order valence-corrected chi connectivity index (χ1v) is 8.92. The van der Waals surface area contributed by atoms with Crippen LogP contribution in [0, 0.1) is 5.41 Å². The minimum Gasteiger partial charge on any atom is -0.453 e. The van der Waals surface area contributed by atoms with E-state index in [9.17, 15) is 19.2 Å². The molecule has 25 heavy (non-hydrogen) atoms. The zero-order valence-corrected chi connectivity index (χ0v) is 16.3. The van der Waals surface area contributed by atoms with Crippen LogP contribution in [0.2, 0.25) is 0 Å². The van der Waals surface area contributed by atoms with Crippen LogP contribution in [-0.4, -0.2) is 35.7 Å². The van der Waals surface area contributed by atoms with Gasteiger partial charge in [-0.15, -0.1) is 0 Å². The summed E-state index contributed by atoms with van der Waals surface area (Å²) >= 11 is 0. The van der Waals surface area contributed by atoms with Crippen LogP contribution in [0.4, 0.5) is 0 Å². The standard InChI is InChI=1S/C19H31O6/c1-7-10-16(23)25-19(12-9-3,18(6,13-20)11-8-2)17(14(4)21)24-15(5)22/h17H,7-12H2,1-6H3. The average molecular weight is 355 g/mol. The molecule has 6 nitrogen and oxygen atoms in total. The minimum absolute atomic E-state index is 0.150. The van der Waals surface area contributed by atoms with Crippen molar-refractivity contribution >= 4 is 24.0 Å². The summed E-state index contributed by atoms with van der Waals surface area (Å²) in [4.78, 5) is 48.1. The van der Waals surface area contributed by atoms with Crippen molar-refractivity contribution in [3.8, 4) is 0 Å². The van der Waals surface area contributed by atoms with Gasteiger partial charge in [0, 0.05) is 13.3 Å². The fourth-order valence-corrected chi connectivity index (χ4v) is 3.26. The molecule has 0 fully saturated rings. The molecule has 3 atom stereocenters. The van der Waals surface area contributed by atoms with Gasteiger partial charge in [-0.25, -0.2) is 0 Å². The molecule has 0 saturated heterocycles. The molecular formula is C19H31O6. The molecule has 6 heteroatoms. The molecule has 0 rings (SSSR count). The number of rotatable bonds is 12. The van der Waals surface area contributed by atoms with E-state index in [0.29, 0.717) is 25.7 Å². The van der Waals surface area contributed by atoms with Gasteiger partial charge >= 0.3 is 11.9 Å². The summed E-state index contributed by atoms with van der Waals surface area (Å²) < 4.78 is 11.0. The zero-order valence-electron chi connectivity index (χ0n) is 16.3. The maximum absolute atomic E-state index is 12.3. The van der Waals surface area contributed by atoms with Crippen LogP contribution >= 0.6 is 0 Å². The summed E-state index contributed by atoms with van der Waals surface area (Å²) in [6, 6.07) is 0. The number of ketones is 1. The second-order valence-electron chi connectivity index (χ2n) is 6.65. The van der Waals surface area contributed by atoms with Crippen molar-refractivity contribution in [1.29, 1.82) is 0 Å². The second-order valence-corrected chi connectivity index (χ2v) is 6.65. The van der Waals surface area contributed by atoms with Gasteiger partial charge in [-0.1, -0.05) is 33.6 Å². The van der Waals surface area contributed by atoms with Crippen molar-refractivity contribution < 1.29 is 28.7 Å². The molecular weight excluding hydrogens is 324 g/mol. The molecule has 0 aliphatic carbocycles. The predicted molar refractivity (Wildman–Crippen MR) is 93.6 cm³/mol. The number of carbonyl (C=O) groups is 3. The van der Waals surface area contributed by atoms with Crippen LogP contribution < -0.4 is 0 Å². The fourth-order valence-electron chi connectivity index (χ4n) is 3.26. The van der Waals surface area contributed by atoms with Gasteiger partial charge in [0.1, 0.15) is 0 Å². The van der Waals surface area contributed by atoms with E-state index >= 15 is 0 Å². The predicted octanol–water partition coefficient (Wildman–Crippen LogP) is 3.31. The topological polar surface area (TPSA) is 86.7 Å². The molecule has 0 aliphatic heterocycles. The van der Waals surface area contributed by atoms with Gasteiger partial charge < -0.3 is 9.47 Å². The average Bonchev–Trinajstić information content (AvgIpc) is 2.52. The highest BCUT2D eigenvalue weighted by Crippen LogP contribution is 2.45. The molecule has 0 aliphatic rings. The third kappa shape index (κ3) is 5.65. The summed E-state index contributed by atoms with van der Waals surface area (Å²) in [7, 11) is 0. The summed E-state index contributed by atoms with van der Waals surface area (Å²) in [5, 5.41) is 0. The van der Waals surface area contributed by atoms with Gasteiger partial charge in [0.2, 0.25) is 6.29 Å². The Morgan fingerprint density at radius 3 is 1.92 bits per heavy atom. The highest BCUT2D eigenvalue weighted by Gasteiger charge is 2.59. The van der Waals surface area contributed by atoms with E-state index in [2.05, 4.69) is 0 Å². The number of ether oxygens (including phenoxy) is 2. The van der Waals surface area contributed by atoms with Crippen molar-refractivity contribution in [3.63, 3.8) is 0 Å². The number of Topliss-reactive ketones (excluding diaryl/α,β-unsaturated/α-hetero) is 1. The molecule has 0 saturated carbocycles. The molecule has 0 bridgehead atoms. The number of carbonyl (C=O) groups excluding carboxylic acids is 4. The zero-order chi connectivity index (χ0) is 19.7. The normalized spacial score (nSPS) is 16.9. The third-order valence-electron chi connectivity index (χ3n) is 4.36. The van der Waals surface area contributed by atoms with Crippen molar-refractivity contribution in [3.05, 3.63) is 0 Å². The fraction of sp³-hybridized carbons (Fsp3) is 0.789. The highest BCUT2D eigenvalue weighted by molar-refractivity contribution is 5.86. The van der Waals surface area contributed by atoms with Crippen molar-refractivity contribution in [1.82, 2.24) is 0 Å². The van der Waals surface area contributed by atoms with Gasteiger partial charge in [-0.2, -0.15) is 0 Å². The van der Waals surface area contributed by atoms with E-state index in [1.165, 1.54) is 13.8 Å². The quantitative estimate of drug-likeness (QED) is 0.499. The van der Waals surface area contributed by atoms with Crippen LogP contribution in [0.1, 0.15) is 80.1 Å².